The smallest absolute Gasteiger partial charge is 0.233 e. The van der Waals surface area contributed by atoms with Crippen LogP contribution >= 0.6 is 11.6 Å². The van der Waals surface area contributed by atoms with E-state index in [1.54, 1.807) is 12.1 Å². The quantitative estimate of drug-likeness (QED) is 0.699. The van der Waals surface area contributed by atoms with Crippen LogP contribution in [-0.4, -0.2) is 54.0 Å². The summed E-state index contributed by atoms with van der Waals surface area (Å²) in [5.41, 5.74) is 1.08. The van der Waals surface area contributed by atoms with E-state index in [4.69, 9.17) is 21.1 Å². The van der Waals surface area contributed by atoms with Crippen molar-refractivity contribution >= 4 is 11.6 Å². The first-order chi connectivity index (χ1) is 14.6. The molecule has 1 aromatic carbocycles. The summed E-state index contributed by atoms with van der Waals surface area (Å²) in [7, 11) is 0. The van der Waals surface area contributed by atoms with Crippen LogP contribution in [0.25, 0.3) is 11.3 Å². The average Bonchev–Trinajstić information content (AvgIpc) is 3.29. The van der Waals surface area contributed by atoms with Crippen LogP contribution < -0.4 is 4.74 Å². The van der Waals surface area contributed by atoms with Crippen molar-refractivity contribution in [2.75, 3.05) is 32.8 Å². The highest BCUT2D eigenvalue weighted by Crippen LogP contribution is 2.40. The van der Waals surface area contributed by atoms with Crippen molar-refractivity contribution in [3.05, 3.63) is 41.2 Å². The molecule has 160 valence electrons. The van der Waals surface area contributed by atoms with Crippen LogP contribution in [0.5, 0.6) is 5.88 Å². The number of hydrogen-bond acceptors (Lipinski definition) is 5. The van der Waals surface area contributed by atoms with Gasteiger partial charge in [0.1, 0.15) is 11.9 Å². The van der Waals surface area contributed by atoms with Gasteiger partial charge in [-0.25, -0.2) is 4.39 Å². The molecule has 4 atom stereocenters. The molecule has 5 rings (SSSR count). The topological polar surface area (TPSA) is 47.5 Å². The van der Waals surface area contributed by atoms with E-state index in [2.05, 4.69) is 15.1 Å². The number of rotatable bonds is 5. The van der Waals surface area contributed by atoms with E-state index in [1.807, 2.05) is 0 Å². The summed E-state index contributed by atoms with van der Waals surface area (Å²) in [5, 5.41) is 8.85. The number of ether oxygens (including phenoxy) is 2. The molecule has 2 aliphatic heterocycles. The molecule has 0 N–H and O–H groups in total. The van der Waals surface area contributed by atoms with E-state index in [0.29, 0.717) is 39.9 Å². The predicted octanol–water partition coefficient (Wildman–Crippen LogP) is 4.45. The molecule has 0 amide bonds. The third-order valence-electron chi connectivity index (χ3n) is 6.69. The van der Waals surface area contributed by atoms with Gasteiger partial charge in [-0.05, 0) is 67.7 Å². The molecule has 3 aliphatic rings. The summed E-state index contributed by atoms with van der Waals surface area (Å²) in [6, 6.07) is 7.81. The zero-order valence-corrected chi connectivity index (χ0v) is 17.7. The molecule has 3 heterocycles. The molecule has 1 aromatic heterocycles. The second-order valence-electron chi connectivity index (χ2n) is 8.91. The Morgan fingerprint density at radius 3 is 2.67 bits per heavy atom. The highest BCUT2D eigenvalue weighted by atomic mass is 35.5. The fourth-order valence-corrected chi connectivity index (χ4v) is 5.51. The first-order valence-electron chi connectivity index (χ1n) is 10.9. The largest absolute Gasteiger partial charge is 0.473 e. The minimum absolute atomic E-state index is 0.193. The molecule has 3 fully saturated rings. The highest BCUT2D eigenvalue weighted by Gasteiger charge is 2.42. The van der Waals surface area contributed by atoms with E-state index in [-0.39, 0.29) is 11.9 Å². The Morgan fingerprint density at radius 1 is 1.13 bits per heavy atom. The Bertz CT molecular complexity index is 861. The van der Waals surface area contributed by atoms with Gasteiger partial charge in [0.25, 0.3) is 0 Å². The average molecular weight is 432 g/mol. The van der Waals surface area contributed by atoms with Crippen LogP contribution in [0, 0.1) is 23.6 Å². The third kappa shape index (κ3) is 4.46. The SMILES string of the molecule is Fc1ccc(Cl)c(-c2ccc(OC3C[C@@H]4CN(CC5CCCOC5)C[C@@H]4C3)nn2)c1. The van der Waals surface area contributed by atoms with Crippen molar-refractivity contribution in [1.29, 1.82) is 0 Å². The molecule has 1 saturated carbocycles. The first kappa shape index (κ1) is 20.2. The van der Waals surface area contributed by atoms with Crippen molar-refractivity contribution in [1.82, 2.24) is 15.1 Å². The van der Waals surface area contributed by atoms with Crippen molar-refractivity contribution in [3.8, 4) is 17.1 Å². The Labute approximate surface area is 181 Å². The lowest BCUT2D eigenvalue weighted by Crippen LogP contribution is -2.33. The molecular formula is C23H27ClFN3O2. The molecule has 1 aliphatic carbocycles. The minimum Gasteiger partial charge on any atom is -0.473 e. The standard InChI is InChI=1S/C23H27ClFN3O2/c24-21-4-3-18(25)10-20(21)22-5-6-23(27-26-22)30-19-8-16-12-28(13-17(16)9-19)11-15-2-1-7-29-14-15/h3-6,10,15-17,19H,1-2,7-9,11-14H2/t15?,16-,17+,19?. The number of aromatic nitrogens is 2. The van der Waals surface area contributed by atoms with Gasteiger partial charge < -0.3 is 14.4 Å². The van der Waals surface area contributed by atoms with Crippen LogP contribution in [0.2, 0.25) is 5.02 Å². The summed E-state index contributed by atoms with van der Waals surface area (Å²) in [5.74, 6) is 2.28. The Balaban J connectivity index is 1.14. The molecule has 2 aromatic rings. The van der Waals surface area contributed by atoms with Gasteiger partial charge >= 0.3 is 0 Å². The molecule has 0 spiro atoms. The van der Waals surface area contributed by atoms with E-state index in [0.717, 1.165) is 26.1 Å². The fourth-order valence-electron chi connectivity index (χ4n) is 5.29. The minimum atomic E-state index is -0.348. The second-order valence-corrected chi connectivity index (χ2v) is 9.32. The van der Waals surface area contributed by atoms with Gasteiger partial charge in [-0.15, -0.1) is 10.2 Å². The van der Waals surface area contributed by atoms with E-state index >= 15 is 0 Å². The molecule has 2 unspecified atom stereocenters. The van der Waals surface area contributed by atoms with E-state index in [9.17, 15) is 4.39 Å². The number of benzene rings is 1. The molecule has 0 bridgehead atoms. The van der Waals surface area contributed by atoms with E-state index < -0.39 is 0 Å². The van der Waals surface area contributed by atoms with Gasteiger partial charge in [0.05, 0.1) is 17.3 Å². The Hall–Kier alpha value is -1.76. The molecule has 5 nitrogen and oxygen atoms in total. The maximum Gasteiger partial charge on any atom is 0.233 e. The highest BCUT2D eigenvalue weighted by molar-refractivity contribution is 6.33. The van der Waals surface area contributed by atoms with Gasteiger partial charge in [-0.2, -0.15) is 0 Å². The number of halogens is 2. The van der Waals surface area contributed by atoms with Gasteiger partial charge in [0, 0.05) is 37.9 Å². The van der Waals surface area contributed by atoms with E-state index in [1.165, 1.54) is 50.7 Å². The molecule has 7 heteroatoms. The lowest BCUT2D eigenvalue weighted by molar-refractivity contribution is 0.0401. The summed E-state index contributed by atoms with van der Waals surface area (Å²) < 4.78 is 25.3. The number of hydrogen-bond donors (Lipinski definition) is 0. The van der Waals surface area contributed by atoms with Crippen molar-refractivity contribution in [2.24, 2.45) is 17.8 Å². The zero-order chi connectivity index (χ0) is 20.5. The summed E-state index contributed by atoms with van der Waals surface area (Å²) in [6.45, 7) is 5.37. The molecular weight excluding hydrogens is 405 g/mol. The third-order valence-corrected chi connectivity index (χ3v) is 7.02. The van der Waals surface area contributed by atoms with Crippen LogP contribution in [0.4, 0.5) is 4.39 Å². The number of fused-ring (bicyclic) bond motifs is 1. The Morgan fingerprint density at radius 2 is 1.97 bits per heavy atom. The van der Waals surface area contributed by atoms with Gasteiger partial charge in [0.15, 0.2) is 0 Å². The lowest BCUT2D eigenvalue weighted by atomic mass is 10.0. The van der Waals surface area contributed by atoms with Crippen LogP contribution in [0.3, 0.4) is 0 Å². The van der Waals surface area contributed by atoms with Gasteiger partial charge in [-0.1, -0.05) is 11.6 Å². The van der Waals surface area contributed by atoms with Crippen LogP contribution in [0.1, 0.15) is 25.7 Å². The monoisotopic (exact) mass is 431 g/mol. The fraction of sp³-hybridized carbons (Fsp3) is 0.565. The summed E-state index contributed by atoms with van der Waals surface area (Å²) in [6.07, 6.45) is 4.83. The maximum atomic E-state index is 13.5. The van der Waals surface area contributed by atoms with Crippen LogP contribution in [0.15, 0.2) is 30.3 Å². The second kappa shape index (κ2) is 8.77. The molecule has 2 saturated heterocycles. The summed E-state index contributed by atoms with van der Waals surface area (Å²) in [4.78, 5) is 2.63. The molecule has 30 heavy (non-hydrogen) atoms. The number of nitrogens with zero attached hydrogens (tertiary/aromatic N) is 3. The zero-order valence-electron chi connectivity index (χ0n) is 17.0. The first-order valence-corrected chi connectivity index (χ1v) is 11.3. The van der Waals surface area contributed by atoms with Crippen molar-refractivity contribution in [2.45, 2.75) is 31.8 Å². The van der Waals surface area contributed by atoms with Crippen molar-refractivity contribution < 1.29 is 13.9 Å². The summed E-state index contributed by atoms with van der Waals surface area (Å²) >= 11 is 6.16. The molecule has 0 radical (unpaired) electrons. The van der Waals surface area contributed by atoms with Crippen LogP contribution in [-0.2, 0) is 4.74 Å². The Kier molecular flexibility index (Phi) is 5.89. The normalized spacial score (nSPS) is 29.1. The van der Waals surface area contributed by atoms with Gasteiger partial charge in [0.2, 0.25) is 5.88 Å². The van der Waals surface area contributed by atoms with Crippen molar-refractivity contribution in [3.63, 3.8) is 0 Å². The number of likely N-dealkylation sites (tertiary alicyclic amines) is 1. The predicted molar refractivity (Wildman–Crippen MR) is 113 cm³/mol. The lowest BCUT2D eigenvalue weighted by Gasteiger charge is -2.27. The van der Waals surface area contributed by atoms with Gasteiger partial charge in [-0.3, -0.25) is 0 Å². The maximum absolute atomic E-state index is 13.5.